The van der Waals surface area contributed by atoms with Crippen molar-refractivity contribution in [2.75, 3.05) is 13.1 Å². The molecule has 0 spiro atoms. The normalized spacial score (nSPS) is 19.3. The number of carbonyl (C=O) groups excluding carboxylic acids is 2. The number of carbonyl (C=O) groups is 2. The van der Waals surface area contributed by atoms with Crippen LogP contribution in [0.15, 0.2) is 54.6 Å². The van der Waals surface area contributed by atoms with E-state index in [2.05, 4.69) is 31.3 Å². The Labute approximate surface area is 185 Å². The third kappa shape index (κ3) is 5.02. The molecule has 3 N–H and O–H groups in total. The molecule has 1 saturated heterocycles. The highest BCUT2D eigenvalue weighted by Crippen LogP contribution is 2.31. The lowest BCUT2D eigenvalue weighted by Crippen LogP contribution is -2.56. The molecule has 0 aliphatic carbocycles. The van der Waals surface area contributed by atoms with E-state index in [1.165, 1.54) is 5.56 Å². The van der Waals surface area contributed by atoms with Gasteiger partial charge in [-0.3, -0.25) is 9.59 Å². The van der Waals surface area contributed by atoms with Crippen LogP contribution in [0, 0.1) is 0 Å². The number of benzene rings is 2. The quantitative estimate of drug-likeness (QED) is 0.727. The molecule has 1 heterocycles. The molecule has 2 aromatic carbocycles. The molecular weight excluding hydrogens is 398 g/mol. The maximum Gasteiger partial charge on any atom is 0.254 e. The van der Waals surface area contributed by atoms with Crippen molar-refractivity contribution in [1.29, 1.82) is 0 Å². The number of hydrogen-bond donors (Lipinski definition) is 2. The summed E-state index contributed by atoms with van der Waals surface area (Å²) in [4.78, 5) is 27.7. The molecule has 2 atom stereocenters. The number of halogens is 1. The van der Waals surface area contributed by atoms with Crippen molar-refractivity contribution in [3.63, 3.8) is 0 Å². The van der Waals surface area contributed by atoms with Gasteiger partial charge in [0, 0.05) is 24.7 Å². The summed E-state index contributed by atoms with van der Waals surface area (Å²) in [7, 11) is 0. The average Bonchev–Trinajstić information content (AvgIpc) is 3.14. The smallest absolute Gasteiger partial charge is 0.254 e. The first kappa shape index (κ1) is 23.9. The zero-order valence-electron chi connectivity index (χ0n) is 17.9. The van der Waals surface area contributed by atoms with Crippen molar-refractivity contribution in [3.05, 3.63) is 71.3 Å². The van der Waals surface area contributed by atoms with Gasteiger partial charge in [-0.25, -0.2) is 0 Å². The Kier molecular flexibility index (Phi) is 8.04. The molecule has 6 heteroatoms. The van der Waals surface area contributed by atoms with E-state index in [0.717, 1.165) is 12.0 Å². The van der Waals surface area contributed by atoms with Crippen molar-refractivity contribution in [3.8, 4) is 0 Å². The molecule has 3 rings (SSSR count). The Balaban J connectivity index is 0.00000320. The first-order valence-corrected chi connectivity index (χ1v) is 10.3. The standard InChI is InChI=1S/C24H31N3O2.ClH/c1-17(2)18-10-12-19(13-11-18)21(25)16-26-23(29)24(3)14-7-15-27(24)22(28)20-8-5-4-6-9-20;/h4-6,8-13,17,21H,7,14-16,25H2,1-3H3,(H,26,29);1H. The van der Waals surface area contributed by atoms with Gasteiger partial charge in [0.1, 0.15) is 5.54 Å². The van der Waals surface area contributed by atoms with Gasteiger partial charge < -0.3 is 16.0 Å². The molecule has 1 aliphatic heterocycles. The lowest BCUT2D eigenvalue weighted by atomic mass is 9.96. The predicted molar refractivity (Wildman–Crippen MR) is 123 cm³/mol. The second-order valence-corrected chi connectivity index (χ2v) is 8.34. The van der Waals surface area contributed by atoms with Crippen molar-refractivity contribution < 1.29 is 9.59 Å². The molecule has 30 heavy (non-hydrogen) atoms. The first-order valence-electron chi connectivity index (χ1n) is 10.3. The predicted octanol–water partition coefficient (Wildman–Crippen LogP) is 4.04. The van der Waals surface area contributed by atoms with E-state index in [4.69, 9.17) is 5.73 Å². The maximum absolute atomic E-state index is 13.0. The van der Waals surface area contributed by atoms with Crippen LogP contribution >= 0.6 is 12.4 Å². The van der Waals surface area contributed by atoms with Crippen LogP contribution in [-0.2, 0) is 4.79 Å². The van der Waals surface area contributed by atoms with Gasteiger partial charge in [0.2, 0.25) is 5.91 Å². The van der Waals surface area contributed by atoms with Crippen LogP contribution in [0.3, 0.4) is 0 Å². The molecule has 0 saturated carbocycles. The van der Waals surface area contributed by atoms with E-state index in [1.54, 1.807) is 17.0 Å². The van der Waals surface area contributed by atoms with Crippen LogP contribution in [0.5, 0.6) is 0 Å². The highest BCUT2D eigenvalue weighted by atomic mass is 35.5. The van der Waals surface area contributed by atoms with Gasteiger partial charge in [-0.2, -0.15) is 0 Å². The Hall–Kier alpha value is -2.37. The fraction of sp³-hybridized carbons (Fsp3) is 0.417. The number of nitrogens with zero attached hydrogens (tertiary/aromatic N) is 1. The van der Waals surface area contributed by atoms with Crippen molar-refractivity contribution in [2.24, 2.45) is 5.73 Å². The molecule has 2 aromatic rings. The topological polar surface area (TPSA) is 75.4 Å². The van der Waals surface area contributed by atoms with Crippen LogP contribution in [0.2, 0.25) is 0 Å². The molecule has 0 bridgehead atoms. The lowest BCUT2D eigenvalue weighted by Gasteiger charge is -2.34. The minimum Gasteiger partial charge on any atom is -0.352 e. The number of hydrogen-bond acceptors (Lipinski definition) is 3. The second kappa shape index (κ2) is 10.1. The van der Waals surface area contributed by atoms with E-state index in [-0.39, 0.29) is 30.3 Å². The van der Waals surface area contributed by atoms with E-state index in [1.807, 2.05) is 37.3 Å². The van der Waals surface area contributed by atoms with Crippen LogP contribution in [0.1, 0.15) is 67.1 Å². The highest BCUT2D eigenvalue weighted by molar-refractivity contribution is 5.99. The fourth-order valence-electron chi connectivity index (χ4n) is 3.90. The molecule has 5 nitrogen and oxygen atoms in total. The lowest BCUT2D eigenvalue weighted by molar-refractivity contribution is -0.129. The molecule has 0 aromatic heterocycles. The molecule has 0 radical (unpaired) electrons. The Morgan fingerprint density at radius 1 is 1.07 bits per heavy atom. The minimum absolute atomic E-state index is 0. The van der Waals surface area contributed by atoms with Gasteiger partial charge in [-0.15, -0.1) is 12.4 Å². The summed E-state index contributed by atoms with van der Waals surface area (Å²) in [5.74, 6) is 0.221. The molecule has 1 aliphatic rings. The molecule has 162 valence electrons. The number of likely N-dealkylation sites (tertiary alicyclic amines) is 1. The Bertz CT molecular complexity index is 855. The third-order valence-electron chi connectivity index (χ3n) is 5.91. The second-order valence-electron chi connectivity index (χ2n) is 8.34. The van der Waals surface area contributed by atoms with Crippen LogP contribution in [0.25, 0.3) is 0 Å². The van der Waals surface area contributed by atoms with Crippen LogP contribution in [-0.4, -0.2) is 35.3 Å². The fourth-order valence-corrected chi connectivity index (χ4v) is 3.90. The number of rotatable bonds is 6. The summed E-state index contributed by atoms with van der Waals surface area (Å²) in [6, 6.07) is 17.1. The number of amides is 2. The molecule has 1 fully saturated rings. The molecular formula is C24H32ClN3O2. The molecule has 2 amide bonds. The van der Waals surface area contributed by atoms with E-state index >= 15 is 0 Å². The van der Waals surface area contributed by atoms with Gasteiger partial charge >= 0.3 is 0 Å². The van der Waals surface area contributed by atoms with Crippen molar-refractivity contribution >= 4 is 24.2 Å². The number of nitrogens with two attached hydrogens (primary N) is 1. The SMILES string of the molecule is CC(C)c1ccc(C(N)CNC(=O)C2(C)CCCN2C(=O)c2ccccc2)cc1.Cl. The van der Waals surface area contributed by atoms with Gasteiger partial charge in [-0.05, 0) is 48.9 Å². The summed E-state index contributed by atoms with van der Waals surface area (Å²) in [5.41, 5.74) is 8.31. The Morgan fingerprint density at radius 3 is 2.27 bits per heavy atom. The zero-order valence-corrected chi connectivity index (χ0v) is 18.7. The van der Waals surface area contributed by atoms with Crippen LogP contribution < -0.4 is 11.1 Å². The summed E-state index contributed by atoms with van der Waals surface area (Å²) in [6.45, 7) is 7.07. The van der Waals surface area contributed by atoms with Gasteiger partial charge in [0.15, 0.2) is 0 Å². The largest absolute Gasteiger partial charge is 0.352 e. The zero-order chi connectivity index (χ0) is 21.0. The van der Waals surface area contributed by atoms with E-state index < -0.39 is 5.54 Å². The summed E-state index contributed by atoms with van der Waals surface area (Å²) < 4.78 is 0. The maximum atomic E-state index is 13.0. The highest BCUT2D eigenvalue weighted by Gasteiger charge is 2.45. The monoisotopic (exact) mass is 429 g/mol. The van der Waals surface area contributed by atoms with Crippen LogP contribution in [0.4, 0.5) is 0 Å². The van der Waals surface area contributed by atoms with E-state index in [0.29, 0.717) is 31.0 Å². The molecule has 2 unspecified atom stereocenters. The van der Waals surface area contributed by atoms with Crippen molar-refractivity contribution in [1.82, 2.24) is 10.2 Å². The van der Waals surface area contributed by atoms with E-state index in [9.17, 15) is 9.59 Å². The minimum atomic E-state index is -0.853. The average molecular weight is 430 g/mol. The summed E-state index contributed by atoms with van der Waals surface area (Å²) >= 11 is 0. The van der Waals surface area contributed by atoms with Gasteiger partial charge in [0.25, 0.3) is 5.91 Å². The summed E-state index contributed by atoms with van der Waals surface area (Å²) in [5, 5.41) is 2.98. The summed E-state index contributed by atoms with van der Waals surface area (Å²) in [6.07, 6.45) is 1.46. The number of nitrogens with one attached hydrogen (secondary N) is 1. The third-order valence-corrected chi connectivity index (χ3v) is 5.91. The van der Waals surface area contributed by atoms with Gasteiger partial charge in [-0.1, -0.05) is 56.3 Å². The Morgan fingerprint density at radius 2 is 1.67 bits per heavy atom. The van der Waals surface area contributed by atoms with Gasteiger partial charge in [0.05, 0.1) is 0 Å². The first-order chi connectivity index (χ1) is 13.8. The van der Waals surface area contributed by atoms with Crippen molar-refractivity contribution in [2.45, 2.75) is 51.1 Å².